The van der Waals surface area contributed by atoms with Gasteiger partial charge in [0.25, 0.3) is 0 Å². The molecule has 0 radical (unpaired) electrons. The van der Waals surface area contributed by atoms with Gasteiger partial charge in [-0.05, 0) is 66.6 Å². The van der Waals surface area contributed by atoms with Crippen molar-refractivity contribution in [3.05, 3.63) is 72.6 Å². The molecule has 0 aliphatic heterocycles. The lowest BCUT2D eigenvalue weighted by Gasteiger charge is -2.12. The molecule has 1 heterocycles. The highest BCUT2D eigenvalue weighted by Gasteiger charge is 2.17. The van der Waals surface area contributed by atoms with E-state index < -0.39 is 16.0 Å². The third-order valence-corrected chi connectivity index (χ3v) is 7.60. The van der Waals surface area contributed by atoms with Gasteiger partial charge in [-0.3, -0.25) is 9.78 Å². The maximum Gasteiger partial charge on any atom is 0.306 e. The van der Waals surface area contributed by atoms with Gasteiger partial charge < -0.3 is 5.11 Å². The summed E-state index contributed by atoms with van der Waals surface area (Å²) in [6.07, 6.45) is 11.2. The standard InChI is InChI=1S/C27H34N2O4S/c30-27(31)24(13-4-1-3-10-22-11-9-18-28-21-22)14-5-2-8-19-29-34(32,33)26-17-16-23-12-6-7-15-25(23)20-26/h6-7,9,11-12,15-18,20-21,24,29H,1-5,8,10,13-14,19H2,(H,30,31). The average Bonchev–Trinajstić information content (AvgIpc) is 2.84. The van der Waals surface area contributed by atoms with E-state index in [0.29, 0.717) is 25.8 Å². The molecule has 0 saturated heterocycles. The highest BCUT2D eigenvalue weighted by Crippen LogP contribution is 2.20. The zero-order chi connectivity index (χ0) is 24.2. The van der Waals surface area contributed by atoms with Gasteiger partial charge in [0.15, 0.2) is 0 Å². The van der Waals surface area contributed by atoms with E-state index in [1.54, 1.807) is 18.3 Å². The Hall–Kier alpha value is -2.77. The molecule has 1 unspecified atom stereocenters. The molecule has 1 aromatic heterocycles. The largest absolute Gasteiger partial charge is 0.481 e. The number of rotatable bonds is 15. The van der Waals surface area contributed by atoms with Crippen molar-refractivity contribution in [2.75, 3.05) is 6.54 Å². The Morgan fingerprint density at radius 3 is 2.32 bits per heavy atom. The van der Waals surface area contributed by atoms with Crippen molar-refractivity contribution in [3.63, 3.8) is 0 Å². The van der Waals surface area contributed by atoms with Gasteiger partial charge in [-0.2, -0.15) is 0 Å². The molecule has 0 saturated carbocycles. The number of hydrogen-bond donors (Lipinski definition) is 2. The minimum absolute atomic E-state index is 0.265. The van der Waals surface area contributed by atoms with Crippen molar-refractivity contribution in [1.29, 1.82) is 0 Å². The Morgan fingerprint density at radius 2 is 1.62 bits per heavy atom. The monoisotopic (exact) mass is 482 g/mol. The Bertz CT molecular complexity index is 1150. The number of carboxylic acids is 1. The zero-order valence-corrected chi connectivity index (χ0v) is 20.3. The molecule has 182 valence electrons. The number of sulfonamides is 1. The van der Waals surface area contributed by atoms with Gasteiger partial charge in [0, 0.05) is 18.9 Å². The molecule has 0 aliphatic rings. The van der Waals surface area contributed by atoms with Crippen LogP contribution in [0.15, 0.2) is 71.9 Å². The highest BCUT2D eigenvalue weighted by molar-refractivity contribution is 7.89. The van der Waals surface area contributed by atoms with E-state index in [1.807, 2.05) is 42.6 Å². The lowest BCUT2D eigenvalue weighted by Crippen LogP contribution is -2.24. The summed E-state index contributed by atoms with van der Waals surface area (Å²) >= 11 is 0. The third-order valence-electron chi connectivity index (χ3n) is 6.14. The molecule has 3 rings (SSSR count). The van der Waals surface area contributed by atoms with Crippen LogP contribution in [0.5, 0.6) is 0 Å². The highest BCUT2D eigenvalue weighted by atomic mass is 32.2. The number of pyridine rings is 1. The Kier molecular flexibility index (Phi) is 10.0. The van der Waals surface area contributed by atoms with Gasteiger partial charge >= 0.3 is 5.97 Å². The fourth-order valence-corrected chi connectivity index (χ4v) is 5.26. The lowest BCUT2D eigenvalue weighted by molar-refractivity contribution is -0.142. The van der Waals surface area contributed by atoms with E-state index in [2.05, 4.69) is 15.8 Å². The number of fused-ring (bicyclic) bond motifs is 1. The van der Waals surface area contributed by atoms with Crippen molar-refractivity contribution in [3.8, 4) is 0 Å². The van der Waals surface area contributed by atoms with Gasteiger partial charge in [0.2, 0.25) is 10.0 Å². The van der Waals surface area contributed by atoms with Crippen molar-refractivity contribution in [2.24, 2.45) is 5.92 Å². The maximum atomic E-state index is 12.6. The summed E-state index contributed by atoms with van der Waals surface area (Å²) in [6.45, 7) is 0.348. The van der Waals surface area contributed by atoms with Crippen molar-refractivity contribution < 1.29 is 18.3 Å². The SMILES string of the molecule is O=C(O)C(CCCCCNS(=O)(=O)c1ccc2ccccc2c1)CCCCCc1cccnc1. The first kappa shape index (κ1) is 25.8. The summed E-state index contributed by atoms with van der Waals surface area (Å²) in [5.74, 6) is -1.06. The van der Waals surface area contributed by atoms with E-state index in [0.717, 1.165) is 49.3 Å². The van der Waals surface area contributed by atoms with Gasteiger partial charge in [-0.25, -0.2) is 13.1 Å². The maximum absolute atomic E-state index is 12.6. The van der Waals surface area contributed by atoms with Crippen LogP contribution in [0.2, 0.25) is 0 Å². The fourth-order valence-electron chi connectivity index (χ4n) is 4.15. The quantitative estimate of drug-likeness (QED) is 0.276. The van der Waals surface area contributed by atoms with Crippen LogP contribution in [0.4, 0.5) is 0 Å². The predicted molar refractivity (Wildman–Crippen MR) is 135 cm³/mol. The van der Waals surface area contributed by atoms with Crippen LogP contribution in [0, 0.1) is 5.92 Å². The Labute approximate surface area is 202 Å². The number of aliphatic carboxylic acids is 1. The van der Waals surface area contributed by atoms with E-state index in [4.69, 9.17) is 0 Å². The topological polar surface area (TPSA) is 96.4 Å². The minimum atomic E-state index is -3.55. The Morgan fingerprint density at radius 1 is 0.882 bits per heavy atom. The molecule has 1 atom stereocenters. The number of carboxylic acid groups (broad SMARTS) is 1. The first-order valence-corrected chi connectivity index (χ1v) is 13.5. The summed E-state index contributed by atoms with van der Waals surface area (Å²) in [6, 6.07) is 16.8. The average molecular weight is 483 g/mol. The second-order valence-electron chi connectivity index (χ2n) is 8.75. The van der Waals surface area contributed by atoms with Gasteiger partial charge in [0.05, 0.1) is 10.8 Å². The van der Waals surface area contributed by atoms with E-state index >= 15 is 0 Å². The van der Waals surface area contributed by atoms with Crippen LogP contribution in [0.1, 0.15) is 56.9 Å². The van der Waals surface area contributed by atoms with Crippen molar-refractivity contribution in [1.82, 2.24) is 9.71 Å². The van der Waals surface area contributed by atoms with E-state index in [9.17, 15) is 18.3 Å². The molecular formula is C27H34N2O4S. The number of benzene rings is 2. The van der Waals surface area contributed by atoms with Crippen LogP contribution in [-0.4, -0.2) is 31.0 Å². The molecular weight excluding hydrogens is 448 g/mol. The number of nitrogens with one attached hydrogen (secondary N) is 1. The first-order chi connectivity index (χ1) is 16.5. The predicted octanol–water partition coefficient (Wildman–Crippen LogP) is 5.58. The van der Waals surface area contributed by atoms with Crippen LogP contribution in [0.3, 0.4) is 0 Å². The molecule has 0 spiro atoms. The van der Waals surface area contributed by atoms with Gasteiger partial charge in [-0.1, -0.05) is 62.1 Å². The molecule has 2 N–H and O–H groups in total. The summed E-state index contributed by atoms with van der Waals surface area (Å²) in [5, 5.41) is 11.4. The molecule has 6 nitrogen and oxygen atoms in total. The second-order valence-corrected chi connectivity index (χ2v) is 10.5. The number of hydrogen-bond acceptors (Lipinski definition) is 4. The summed E-state index contributed by atoms with van der Waals surface area (Å²) in [4.78, 5) is 16.0. The van der Waals surface area contributed by atoms with Crippen LogP contribution >= 0.6 is 0 Å². The van der Waals surface area contributed by atoms with Crippen LogP contribution < -0.4 is 4.72 Å². The number of nitrogens with zero attached hydrogens (tertiary/aromatic N) is 1. The number of carbonyl (C=O) groups is 1. The molecule has 0 aliphatic carbocycles. The molecule has 0 bridgehead atoms. The summed E-state index contributed by atoms with van der Waals surface area (Å²) in [7, 11) is -3.55. The molecule has 0 fully saturated rings. The van der Waals surface area contributed by atoms with Gasteiger partial charge in [0.1, 0.15) is 0 Å². The molecule has 7 heteroatoms. The molecule has 34 heavy (non-hydrogen) atoms. The smallest absolute Gasteiger partial charge is 0.306 e. The van der Waals surface area contributed by atoms with E-state index in [1.165, 1.54) is 5.56 Å². The van der Waals surface area contributed by atoms with E-state index in [-0.39, 0.29) is 10.8 Å². The second kappa shape index (κ2) is 13.2. The number of aromatic nitrogens is 1. The van der Waals surface area contributed by atoms with Crippen molar-refractivity contribution in [2.45, 2.75) is 62.7 Å². The zero-order valence-electron chi connectivity index (χ0n) is 19.5. The Balaban J connectivity index is 1.31. The lowest BCUT2D eigenvalue weighted by atomic mass is 9.94. The first-order valence-electron chi connectivity index (χ1n) is 12.1. The molecule has 3 aromatic rings. The van der Waals surface area contributed by atoms with Crippen molar-refractivity contribution >= 4 is 26.8 Å². The van der Waals surface area contributed by atoms with Crippen LogP contribution in [0.25, 0.3) is 10.8 Å². The summed E-state index contributed by atoms with van der Waals surface area (Å²) < 4.78 is 27.8. The third kappa shape index (κ3) is 8.22. The molecule has 2 aromatic carbocycles. The van der Waals surface area contributed by atoms with Gasteiger partial charge in [-0.15, -0.1) is 0 Å². The minimum Gasteiger partial charge on any atom is -0.481 e. The van der Waals surface area contributed by atoms with Crippen LogP contribution in [-0.2, 0) is 21.2 Å². The summed E-state index contributed by atoms with van der Waals surface area (Å²) in [5.41, 5.74) is 1.22. The molecule has 0 amide bonds. The number of unbranched alkanes of at least 4 members (excludes halogenated alkanes) is 4. The normalized spacial score (nSPS) is 12.6. The fraction of sp³-hybridized carbons (Fsp3) is 0.407. The number of aryl methyl sites for hydroxylation is 1.